The number of anilines is 1. The number of carbonyl (C=O) groups excluding carboxylic acids is 2. The molecule has 0 saturated heterocycles. The van der Waals surface area contributed by atoms with Gasteiger partial charge in [-0.1, -0.05) is 25.0 Å². The molecule has 1 aromatic carbocycles. The van der Waals surface area contributed by atoms with Gasteiger partial charge in [0.2, 0.25) is 5.91 Å². The fourth-order valence-corrected chi connectivity index (χ4v) is 4.65. The van der Waals surface area contributed by atoms with Crippen molar-refractivity contribution < 1.29 is 18.7 Å². The number of amides is 2. The summed E-state index contributed by atoms with van der Waals surface area (Å²) in [6.45, 7) is 0. The van der Waals surface area contributed by atoms with E-state index in [9.17, 15) is 9.59 Å². The van der Waals surface area contributed by atoms with Crippen LogP contribution in [0.5, 0.6) is 5.75 Å². The van der Waals surface area contributed by atoms with Crippen LogP contribution in [0.25, 0.3) is 0 Å². The van der Waals surface area contributed by atoms with Crippen molar-refractivity contribution in [2.75, 3.05) is 12.0 Å². The maximum absolute atomic E-state index is 13.5. The van der Waals surface area contributed by atoms with Crippen LogP contribution in [0.4, 0.5) is 5.69 Å². The van der Waals surface area contributed by atoms with Gasteiger partial charge in [-0.05, 0) is 48.6 Å². The Morgan fingerprint density at radius 2 is 2.00 bits per heavy atom. The van der Waals surface area contributed by atoms with E-state index in [1.807, 2.05) is 17.5 Å². The molecule has 1 aliphatic rings. The molecule has 2 amide bonds. The summed E-state index contributed by atoms with van der Waals surface area (Å²) in [4.78, 5) is 29.3. The molecule has 0 unspecified atom stereocenters. The summed E-state index contributed by atoms with van der Waals surface area (Å²) in [6, 6.07) is 13.5. The van der Waals surface area contributed by atoms with Gasteiger partial charge in [0.1, 0.15) is 5.75 Å². The van der Waals surface area contributed by atoms with E-state index in [1.54, 1.807) is 43.5 Å². The van der Waals surface area contributed by atoms with Gasteiger partial charge in [-0.2, -0.15) is 0 Å². The Bertz CT molecular complexity index is 979. The number of furan rings is 1. The molecule has 4 rings (SSSR count). The standard InChI is InChI=1S/C23H24N2O4S/c1-28-18-10-4-9-17(15-18)25(23(27)19-11-5-13-29-19)21(20-12-6-14-30-20)22(26)24-16-7-2-3-8-16/h4-6,9-16,21H,2-3,7-8H2,1H3,(H,24,26)/t21-/m1/s1. The van der Waals surface area contributed by atoms with Gasteiger partial charge in [-0.25, -0.2) is 0 Å². The third-order valence-electron chi connectivity index (χ3n) is 5.30. The van der Waals surface area contributed by atoms with E-state index in [2.05, 4.69) is 5.32 Å². The second kappa shape index (κ2) is 9.17. The minimum Gasteiger partial charge on any atom is -0.497 e. The monoisotopic (exact) mass is 424 g/mol. The molecular weight excluding hydrogens is 400 g/mol. The minimum atomic E-state index is -0.810. The number of nitrogens with zero attached hydrogens (tertiary/aromatic N) is 1. The van der Waals surface area contributed by atoms with Crippen molar-refractivity contribution >= 4 is 28.8 Å². The molecule has 2 heterocycles. The van der Waals surface area contributed by atoms with Crippen molar-refractivity contribution in [2.45, 2.75) is 37.8 Å². The van der Waals surface area contributed by atoms with E-state index in [-0.39, 0.29) is 23.6 Å². The molecule has 0 aliphatic heterocycles. The Balaban J connectivity index is 1.77. The first kappa shape index (κ1) is 20.2. The highest BCUT2D eigenvalue weighted by atomic mass is 32.1. The molecule has 30 heavy (non-hydrogen) atoms. The summed E-state index contributed by atoms with van der Waals surface area (Å²) in [5.74, 6) is 0.208. The van der Waals surface area contributed by atoms with Crippen molar-refractivity contribution in [3.63, 3.8) is 0 Å². The van der Waals surface area contributed by atoms with Gasteiger partial charge >= 0.3 is 0 Å². The molecule has 156 valence electrons. The third kappa shape index (κ3) is 4.26. The molecule has 3 aromatic rings. The van der Waals surface area contributed by atoms with Gasteiger partial charge in [-0.3, -0.25) is 14.5 Å². The Hall–Kier alpha value is -3.06. The number of carbonyl (C=O) groups is 2. The van der Waals surface area contributed by atoms with Crippen LogP contribution in [0.1, 0.15) is 47.2 Å². The lowest BCUT2D eigenvalue weighted by atomic mass is 10.1. The Labute approximate surface area is 179 Å². The second-order valence-corrected chi connectivity index (χ2v) is 8.24. The van der Waals surface area contributed by atoms with Gasteiger partial charge in [0.15, 0.2) is 11.8 Å². The Morgan fingerprint density at radius 3 is 2.67 bits per heavy atom. The highest BCUT2D eigenvalue weighted by Crippen LogP contribution is 2.34. The quantitative estimate of drug-likeness (QED) is 0.592. The van der Waals surface area contributed by atoms with Crippen LogP contribution in [0.2, 0.25) is 0 Å². The highest BCUT2D eigenvalue weighted by molar-refractivity contribution is 7.10. The van der Waals surface area contributed by atoms with E-state index in [0.717, 1.165) is 30.6 Å². The zero-order valence-electron chi connectivity index (χ0n) is 16.7. The van der Waals surface area contributed by atoms with Gasteiger partial charge < -0.3 is 14.5 Å². The largest absolute Gasteiger partial charge is 0.497 e. The second-order valence-electron chi connectivity index (χ2n) is 7.26. The average molecular weight is 425 g/mol. The normalized spacial score (nSPS) is 15.0. The summed E-state index contributed by atoms with van der Waals surface area (Å²) < 4.78 is 10.7. The van der Waals surface area contributed by atoms with Crippen LogP contribution in [-0.4, -0.2) is 25.0 Å². The summed E-state index contributed by atoms with van der Waals surface area (Å²) in [7, 11) is 1.57. The number of rotatable bonds is 7. The minimum absolute atomic E-state index is 0.144. The molecule has 1 N–H and O–H groups in total. The van der Waals surface area contributed by atoms with E-state index in [1.165, 1.54) is 22.5 Å². The number of methoxy groups -OCH3 is 1. The van der Waals surface area contributed by atoms with Gasteiger partial charge in [0.25, 0.3) is 5.91 Å². The number of hydrogen-bond donors (Lipinski definition) is 1. The number of ether oxygens (including phenoxy) is 1. The molecule has 1 aliphatic carbocycles. The molecule has 1 saturated carbocycles. The van der Waals surface area contributed by atoms with E-state index < -0.39 is 6.04 Å². The van der Waals surface area contributed by atoms with Crippen LogP contribution in [0.15, 0.2) is 64.6 Å². The number of thiophene rings is 1. The topological polar surface area (TPSA) is 71.8 Å². The van der Waals surface area contributed by atoms with Gasteiger partial charge in [0.05, 0.1) is 13.4 Å². The molecule has 6 nitrogen and oxygen atoms in total. The fraction of sp³-hybridized carbons (Fsp3) is 0.304. The van der Waals surface area contributed by atoms with Crippen LogP contribution >= 0.6 is 11.3 Å². The molecule has 7 heteroatoms. The van der Waals surface area contributed by atoms with Gasteiger partial charge in [-0.15, -0.1) is 11.3 Å². The molecule has 2 aromatic heterocycles. The van der Waals surface area contributed by atoms with E-state index in [4.69, 9.17) is 9.15 Å². The van der Waals surface area contributed by atoms with Crippen LogP contribution in [-0.2, 0) is 4.79 Å². The molecule has 0 bridgehead atoms. The van der Waals surface area contributed by atoms with Crippen molar-refractivity contribution in [2.24, 2.45) is 0 Å². The summed E-state index contributed by atoms with van der Waals surface area (Å²) in [5, 5.41) is 5.07. The predicted octanol–water partition coefficient (Wildman–Crippen LogP) is 4.80. The maximum atomic E-state index is 13.5. The summed E-state index contributed by atoms with van der Waals surface area (Å²) in [5.41, 5.74) is 0.565. The maximum Gasteiger partial charge on any atom is 0.295 e. The van der Waals surface area contributed by atoms with Crippen LogP contribution in [0.3, 0.4) is 0 Å². The first-order valence-corrected chi connectivity index (χ1v) is 10.9. The molecule has 1 atom stereocenters. The van der Waals surface area contributed by atoms with E-state index >= 15 is 0 Å². The molecule has 0 radical (unpaired) electrons. The first-order chi connectivity index (χ1) is 14.7. The van der Waals surface area contributed by atoms with Crippen molar-refractivity contribution in [3.8, 4) is 5.75 Å². The number of nitrogens with one attached hydrogen (secondary N) is 1. The Morgan fingerprint density at radius 1 is 1.17 bits per heavy atom. The van der Waals surface area contributed by atoms with Crippen molar-refractivity contribution in [3.05, 3.63) is 70.8 Å². The lowest BCUT2D eigenvalue weighted by Crippen LogP contribution is -2.46. The summed E-state index contributed by atoms with van der Waals surface area (Å²) in [6.07, 6.45) is 5.61. The van der Waals surface area contributed by atoms with E-state index in [0.29, 0.717) is 11.4 Å². The predicted molar refractivity (Wildman–Crippen MR) is 116 cm³/mol. The SMILES string of the molecule is COc1cccc(N(C(=O)c2ccco2)[C@@H](C(=O)NC2CCCC2)c2cccs2)c1. The van der Waals surface area contributed by atoms with Crippen molar-refractivity contribution in [1.82, 2.24) is 5.32 Å². The zero-order chi connectivity index (χ0) is 20.9. The highest BCUT2D eigenvalue weighted by Gasteiger charge is 2.36. The first-order valence-electron chi connectivity index (χ1n) is 10.0. The molecule has 1 fully saturated rings. The fourth-order valence-electron chi connectivity index (χ4n) is 3.83. The molecule has 0 spiro atoms. The smallest absolute Gasteiger partial charge is 0.295 e. The zero-order valence-corrected chi connectivity index (χ0v) is 17.6. The third-order valence-corrected chi connectivity index (χ3v) is 6.23. The summed E-state index contributed by atoms with van der Waals surface area (Å²) >= 11 is 1.45. The Kier molecular flexibility index (Phi) is 6.18. The van der Waals surface area contributed by atoms with Crippen molar-refractivity contribution in [1.29, 1.82) is 0 Å². The average Bonchev–Trinajstić information content (AvgIpc) is 3.55. The van der Waals surface area contributed by atoms with Crippen LogP contribution < -0.4 is 15.0 Å². The van der Waals surface area contributed by atoms with Crippen LogP contribution in [0, 0.1) is 0 Å². The lowest BCUT2D eigenvalue weighted by Gasteiger charge is -2.31. The van der Waals surface area contributed by atoms with Gasteiger partial charge in [0, 0.05) is 22.7 Å². The number of benzene rings is 1. The lowest BCUT2D eigenvalue weighted by molar-refractivity contribution is -0.123. The molecular formula is C23H24N2O4S. The number of hydrogen-bond acceptors (Lipinski definition) is 5.